The summed E-state index contributed by atoms with van der Waals surface area (Å²) < 4.78 is 0. The van der Waals surface area contributed by atoms with Gasteiger partial charge in [0.2, 0.25) is 5.91 Å². The quantitative estimate of drug-likeness (QED) is 0.734. The Morgan fingerprint density at radius 1 is 1.28 bits per heavy atom. The molecule has 128 valence electrons. The van der Waals surface area contributed by atoms with Crippen molar-refractivity contribution in [2.75, 3.05) is 0 Å². The lowest BCUT2D eigenvalue weighted by molar-refractivity contribution is -0.121. The van der Waals surface area contributed by atoms with Gasteiger partial charge in [-0.15, -0.1) is 0 Å². The number of hydrogen-bond donors (Lipinski definition) is 1. The Morgan fingerprint density at radius 2 is 2.08 bits per heavy atom. The fourth-order valence-corrected chi connectivity index (χ4v) is 3.33. The van der Waals surface area contributed by atoms with Crippen LogP contribution in [-0.4, -0.2) is 20.9 Å². The lowest BCUT2D eigenvalue weighted by Gasteiger charge is -2.16. The number of pyridine rings is 1. The fraction of sp³-hybridized carbons (Fsp3) is 0.263. The predicted molar refractivity (Wildman–Crippen MR) is 99.2 cm³/mol. The van der Waals surface area contributed by atoms with E-state index >= 15 is 0 Å². The summed E-state index contributed by atoms with van der Waals surface area (Å²) in [4.78, 5) is 25.2. The number of aryl methyl sites for hydroxylation is 2. The van der Waals surface area contributed by atoms with Crippen molar-refractivity contribution in [1.82, 2.24) is 20.3 Å². The number of nitrogens with one attached hydrogen (secondary N) is 1. The van der Waals surface area contributed by atoms with Gasteiger partial charge in [0.1, 0.15) is 0 Å². The first-order valence-electron chi connectivity index (χ1n) is 8.18. The zero-order valence-corrected chi connectivity index (χ0v) is 15.1. The molecule has 0 saturated heterocycles. The van der Waals surface area contributed by atoms with Crippen LogP contribution in [-0.2, 0) is 11.2 Å². The molecule has 1 unspecified atom stereocenters. The average molecular weight is 352 g/mol. The summed E-state index contributed by atoms with van der Waals surface area (Å²) in [5.74, 6) is 0.705. The van der Waals surface area contributed by atoms with Gasteiger partial charge in [-0.2, -0.15) is 11.3 Å². The predicted octanol–water partition coefficient (Wildman–Crippen LogP) is 3.72. The molecule has 5 nitrogen and oxygen atoms in total. The van der Waals surface area contributed by atoms with Gasteiger partial charge in [-0.25, -0.2) is 9.97 Å². The monoisotopic (exact) mass is 352 g/mol. The van der Waals surface area contributed by atoms with Crippen molar-refractivity contribution in [3.05, 3.63) is 64.4 Å². The van der Waals surface area contributed by atoms with Gasteiger partial charge in [-0.05, 0) is 54.8 Å². The largest absolute Gasteiger partial charge is 0.349 e. The van der Waals surface area contributed by atoms with Crippen molar-refractivity contribution >= 4 is 17.2 Å². The van der Waals surface area contributed by atoms with Crippen LogP contribution in [0, 0.1) is 6.92 Å². The van der Waals surface area contributed by atoms with E-state index in [0.717, 1.165) is 23.2 Å². The maximum atomic E-state index is 12.2. The maximum absolute atomic E-state index is 12.2. The van der Waals surface area contributed by atoms with E-state index in [0.29, 0.717) is 12.2 Å². The molecule has 3 rings (SSSR count). The smallest absolute Gasteiger partial charge is 0.220 e. The summed E-state index contributed by atoms with van der Waals surface area (Å²) >= 11 is 1.65. The molecule has 0 spiro atoms. The Bertz CT molecular complexity index is 834. The molecule has 0 aliphatic heterocycles. The van der Waals surface area contributed by atoms with E-state index in [1.165, 1.54) is 5.56 Å². The molecule has 0 fully saturated rings. The van der Waals surface area contributed by atoms with E-state index in [1.807, 2.05) is 31.4 Å². The summed E-state index contributed by atoms with van der Waals surface area (Å²) in [7, 11) is 0. The molecule has 0 saturated carbocycles. The molecular weight excluding hydrogens is 332 g/mol. The van der Waals surface area contributed by atoms with E-state index in [1.54, 1.807) is 29.9 Å². The van der Waals surface area contributed by atoms with Gasteiger partial charge in [0, 0.05) is 41.8 Å². The molecule has 6 heteroatoms. The Kier molecular flexibility index (Phi) is 5.50. The van der Waals surface area contributed by atoms with Crippen molar-refractivity contribution in [1.29, 1.82) is 0 Å². The minimum atomic E-state index is -0.124. The number of nitrogens with zero attached hydrogens (tertiary/aromatic N) is 3. The van der Waals surface area contributed by atoms with Gasteiger partial charge in [0.15, 0.2) is 5.82 Å². The van der Waals surface area contributed by atoms with Crippen LogP contribution in [0.25, 0.3) is 11.4 Å². The van der Waals surface area contributed by atoms with E-state index in [4.69, 9.17) is 0 Å². The standard InChI is InChI=1S/C19H20N4OS/c1-13(22-18(24)4-3-15-7-10-25-12-15)17-11-21-19(23-14(17)2)16-5-8-20-9-6-16/h5-13H,3-4H2,1-2H3,(H,22,24). The van der Waals surface area contributed by atoms with Crippen molar-refractivity contribution in [3.8, 4) is 11.4 Å². The van der Waals surface area contributed by atoms with Gasteiger partial charge in [-0.1, -0.05) is 0 Å². The second-order valence-corrected chi connectivity index (χ2v) is 6.67. The highest BCUT2D eigenvalue weighted by Crippen LogP contribution is 2.19. The van der Waals surface area contributed by atoms with Gasteiger partial charge >= 0.3 is 0 Å². The minimum Gasteiger partial charge on any atom is -0.349 e. The molecule has 0 radical (unpaired) electrons. The lowest BCUT2D eigenvalue weighted by Crippen LogP contribution is -2.27. The summed E-state index contributed by atoms with van der Waals surface area (Å²) in [5, 5.41) is 7.14. The molecule has 0 aromatic carbocycles. The topological polar surface area (TPSA) is 67.8 Å². The number of amides is 1. The third kappa shape index (κ3) is 4.48. The SMILES string of the molecule is Cc1nc(-c2ccncc2)ncc1C(C)NC(=O)CCc1ccsc1. The average Bonchev–Trinajstić information content (AvgIpc) is 3.14. The number of aromatic nitrogens is 3. The first-order chi connectivity index (χ1) is 12.1. The first kappa shape index (κ1) is 17.2. The molecule has 3 aromatic rings. The second kappa shape index (κ2) is 7.98. The van der Waals surface area contributed by atoms with Crippen molar-refractivity contribution in [2.24, 2.45) is 0 Å². The van der Waals surface area contributed by atoms with E-state index in [-0.39, 0.29) is 11.9 Å². The molecule has 1 atom stereocenters. The van der Waals surface area contributed by atoms with Gasteiger partial charge in [0.05, 0.1) is 6.04 Å². The summed E-state index contributed by atoms with van der Waals surface area (Å²) in [6.45, 7) is 3.90. The Labute approximate surface area is 151 Å². The molecule has 3 aromatic heterocycles. The van der Waals surface area contributed by atoms with Crippen LogP contribution in [0.5, 0.6) is 0 Å². The number of carbonyl (C=O) groups excluding carboxylic acids is 1. The third-order valence-corrected chi connectivity index (χ3v) is 4.75. The molecule has 1 N–H and O–H groups in total. The van der Waals surface area contributed by atoms with E-state index in [9.17, 15) is 4.79 Å². The highest BCUT2D eigenvalue weighted by atomic mass is 32.1. The van der Waals surface area contributed by atoms with Gasteiger partial charge in [-0.3, -0.25) is 9.78 Å². The number of thiophene rings is 1. The molecule has 0 aliphatic rings. The van der Waals surface area contributed by atoms with Crippen LogP contribution in [0.1, 0.15) is 36.2 Å². The van der Waals surface area contributed by atoms with Gasteiger partial charge in [0.25, 0.3) is 0 Å². The number of hydrogen-bond acceptors (Lipinski definition) is 5. The van der Waals surface area contributed by atoms with Crippen LogP contribution in [0.4, 0.5) is 0 Å². The van der Waals surface area contributed by atoms with Crippen LogP contribution in [0.3, 0.4) is 0 Å². The minimum absolute atomic E-state index is 0.0383. The summed E-state index contributed by atoms with van der Waals surface area (Å²) in [6.07, 6.45) is 6.48. The van der Waals surface area contributed by atoms with Gasteiger partial charge < -0.3 is 5.32 Å². The normalized spacial score (nSPS) is 11.9. The maximum Gasteiger partial charge on any atom is 0.220 e. The number of carbonyl (C=O) groups is 1. The van der Waals surface area contributed by atoms with E-state index < -0.39 is 0 Å². The van der Waals surface area contributed by atoms with Crippen LogP contribution < -0.4 is 5.32 Å². The Balaban J connectivity index is 1.63. The van der Waals surface area contributed by atoms with Crippen molar-refractivity contribution in [3.63, 3.8) is 0 Å². The van der Waals surface area contributed by atoms with Crippen molar-refractivity contribution in [2.45, 2.75) is 32.7 Å². The summed E-state index contributed by atoms with van der Waals surface area (Å²) in [5.41, 5.74) is 3.93. The Morgan fingerprint density at radius 3 is 2.76 bits per heavy atom. The Hall–Kier alpha value is -2.60. The first-order valence-corrected chi connectivity index (χ1v) is 9.12. The highest BCUT2D eigenvalue weighted by molar-refractivity contribution is 7.07. The molecule has 1 amide bonds. The zero-order valence-electron chi connectivity index (χ0n) is 14.3. The molecular formula is C19H20N4OS. The third-order valence-electron chi connectivity index (χ3n) is 4.02. The van der Waals surface area contributed by atoms with E-state index in [2.05, 4.69) is 31.7 Å². The fourth-order valence-electron chi connectivity index (χ4n) is 2.63. The van der Waals surface area contributed by atoms with Crippen LogP contribution in [0.2, 0.25) is 0 Å². The van der Waals surface area contributed by atoms with Crippen molar-refractivity contribution < 1.29 is 4.79 Å². The number of rotatable bonds is 6. The molecule has 3 heterocycles. The highest BCUT2D eigenvalue weighted by Gasteiger charge is 2.14. The molecule has 0 bridgehead atoms. The molecule has 0 aliphatic carbocycles. The zero-order chi connectivity index (χ0) is 17.6. The van der Waals surface area contributed by atoms with Crippen LogP contribution in [0.15, 0.2) is 47.5 Å². The van der Waals surface area contributed by atoms with Crippen LogP contribution >= 0.6 is 11.3 Å². The lowest BCUT2D eigenvalue weighted by atomic mass is 10.1. The molecule has 25 heavy (non-hydrogen) atoms. The summed E-state index contributed by atoms with van der Waals surface area (Å²) in [6, 6.07) is 5.69. The second-order valence-electron chi connectivity index (χ2n) is 5.89.